The van der Waals surface area contributed by atoms with Crippen molar-refractivity contribution in [2.45, 2.75) is 44.2 Å². The van der Waals surface area contributed by atoms with E-state index in [9.17, 15) is 18.3 Å². The summed E-state index contributed by atoms with van der Waals surface area (Å²) >= 11 is 0. The smallest absolute Gasteiger partial charge is 0.264 e. The van der Waals surface area contributed by atoms with E-state index in [1.165, 1.54) is 4.31 Å². The Morgan fingerprint density at radius 1 is 0.860 bits per heavy atom. The van der Waals surface area contributed by atoms with E-state index in [1.54, 1.807) is 48.5 Å². The van der Waals surface area contributed by atoms with Gasteiger partial charge in [0.1, 0.15) is 0 Å². The number of piperidine rings is 1. The number of rotatable bonds is 8. The summed E-state index contributed by atoms with van der Waals surface area (Å²) in [5, 5.41) is 13.6. The van der Waals surface area contributed by atoms with E-state index in [4.69, 9.17) is 0 Å². The zero-order valence-corrected chi connectivity index (χ0v) is 25.4. The van der Waals surface area contributed by atoms with Crippen LogP contribution in [-0.2, 0) is 16.6 Å². The van der Waals surface area contributed by atoms with Crippen LogP contribution >= 0.6 is 0 Å². The van der Waals surface area contributed by atoms with E-state index < -0.39 is 16.1 Å². The third-order valence-corrected chi connectivity index (χ3v) is 10.3. The topological polar surface area (TPSA) is 82.8 Å². The number of anilines is 1. The Hall–Kier alpha value is -4.14. The van der Waals surface area contributed by atoms with E-state index in [1.807, 2.05) is 52.8 Å². The van der Waals surface area contributed by atoms with Gasteiger partial charge in [0.05, 0.1) is 29.8 Å². The van der Waals surface area contributed by atoms with Gasteiger partial charge in [-0.25, -0.2) is 8.42 Å². The Kier molecular flexibility index (Phi) is 7.99. The molecular formula is C35H37N3O4S. The normalized spacial score (nSPS) is 15.2. The van der Waals surface area contributed by atoms with Crippen molar-refractivity contribution in [3.63, 3.8) is 0 Å². The van der Waals surface area contributed by atoms with Crippen molar-refractivity contribution in [3.8, 4) is 0 Å². The van der Waals surface area contributed by atoms with Crippen molar-refractivity contribution < 1.29 is 18.3 Å². The van der Waals surface area contributed by atoms with Gasteiger partial charge in [-0.05, 0) is 74.2 Å². The van der Waals surface area contributed by atoms with E-state index in [0.717, 1.165) is 53.3 Å². The molecule has 2 heterocycles. The lowest BCUT2D eigenvalue weighted by molar-refractivity contribution is 0.0697. The molecule has 1 amide bonds. The lowest BCUT2D eigenvalue weighted by Crippen LogP contribution is -2.39. The fraction of sp³-hybridized carbons (Fsp3) is 0.286. The van der Waals surface area contributed by atoms with Crippen LogP contribution in [0.15, 0.2) is 102 Å². The average Bonchev–Trinajstić information content (AvgIpc) is 3.33. The number of likely N-dealkylation sites (tertiary alicyclic amines) is 1. The molecule has 7 nitrogen and oxygen atoms in total. The van der Waals surface area contributed by atoms with Crippen LogP contribution in [0.1, 0.15) is 35.7 Å². The standard InChI is InChI=1S/C35H37N3O4S/c1-25-11-17-30(18-12-25)43(41,42)38(28-15-13-27(14-16-28)35(40)36-21-19-26(2)20-22-36)24-29(39)23-37-33-9-5-3-7-31(33)32-8-4-6-10-34(32)37/h3-18,26,29,39H,19-24H2,1-2H3. The molecule has 1 unspecified atom stereocenters. The summed E-state index contributed by atoms with van der Waals surface area (Å²) < 4.78 is 31.4. The summed E-state index contributed by atoms with van der Waals surface area (Å²) in [6.07, 6.45) is 0.947. The van der Waals surface area contributed by atoms with Crippen molar-refractivity contribution in [2.75, 3.05) is 23.9 Å². The summed E-state index contributed by atoms with van der Waals surface area (Å²) in [6, 6.07) is 29.5. The number of aliphatic hydroxyl groups is 1. The lowest BCUT2D eigenvalue weighted by atomic mass is 9.98. The predicted octanol–water partition coefficient (Wildman–Crippen LogP) is 6.23. The molecule has 0 radical (unpaired) electrons. The highest BCUT2D eigenvalue weighted by molar-refractivity contribution is 7.92. The maximum absolute atomic E-state index is 14.0. The molecule has 4 aromatic carbocycles. The van der Waals surface area contributed by atoms with Crippen molar-refractivity contribution in [2.24, 2.45) is 5.92 Å². The molecule has 1 aliphatic heterocycles. The molecule has 1 atom stereocenters. The van der Waals surface area contributed by atoms with E-state index in [-0.39, 0.29) is 23.9 Å². The highest BCUT2D eigenvalue weighted by Gasteiger charge is 2.29. The zero-order chi connectivity index (χ0) is 30.1. The Bertz CT molecular complexity index is 1800. The van der Waals surface area contributed by atoms with Crippen LogP contribution in [0, 0.1) is 12.8 Å². The summed E-state index contributed by atoms with van der Waals surface area (Å²) in [5.41, 5.74) is 3.82. The Morgan fingerprint density at radius 3 is 2.00 bits per heavy atom. The second-order valence-electron chi connectivity index (χ2n) is 11.7. The van der Waals surface area contributed by atoms with E-state index >= 15 is 0 Å². The minimum Gasteiger partial charge on any atom is -0.389 e. The maximum Gasteiger partial charge on any atom is 0.264 e. The van der Waals surface area contributed by atoms with Gasteiger partial charge < -0.3 is 14.6 Å². The number of carbonyl (C=O) groups excluding carboxylic acids is 1. The van der Waals surface area contributed by atoms with E-state index in [2.05, 4.69) is 19.1 Å². The molecule has 0 saturated carbocycles. The van der Waals surface area contributed by atoms with Gasteiger partial charge in [0, 0.05) is 40.5 Å². The molecule has 0 aliphatic carbocycles. The van der Waals surface area contributed by atoms with Crippen LogP contribution in [0.25, 0.3) is 21.8 Å². The average molecular weight is 596 g/mol. The zero-order valence-electron chi connectivity index (χ0n) is 24.6. The molecule has 222 valence electrons. The first-order chi connectivity index (χ1) is 20.7. The molecule has 5 aromatic rings. The molecule has 1 saturated heterocycles. The Labute approximate surface area is 253 Å². The van der Waals surface area contributed by atoms with Gasteiger partial charge in [-0.3, -0.25) is 9.10 Å². The molecule has 1 aromatic heterocycles. The fourth-order valence-corrected chi connectivity index (χ4v) is 7.51. The van der Waals surface area contributed by atoms with Crippen LogP contribution in [0.3, 0.4) is 0 Å². The minimum absolute atomic E-state index is 0.0437. The van der Waals surface area contributed by atoms with Gasteiger partial charge in [0.25, 0.3) is 15.9 Å². The summed E-state index contributed by atoms with van der Waals surface area (Å²) in [7, 11) is -4.02. The second kappa shape index (κ2) is 11.9. The van der Waals surface area contributed by atoms with Crippen LogP contribution in [0.2, 0.25) is 0 Å². The van der Waals surface area contributed by atoms with Crippen molar-refractivity contribution in [1.29, 1.82) is 0 Å². The number of aliphatic hydroxyl groups excluding tert-OH is 1. The largest absolute Gasteiger partial charge is 0.389 e. The van der Waals surface area contributed by atoms with Crippen molar-refractivity contribution in [3.05, 3.63) is 108 Å². The molecule has 43 heavy (non-hydrogen) atoms. The number of hydrogen-bond donors (Lipinski definition) is 1. The first-order valence-electron chi connectivity index (χ1n) is 14.8. The number of aryl methyl sites for hydroxylation is 1. The molecule has 0 spiro atoms. The first-order valence-corrected chi connectivity index (χ1v) is 16.3. The SMILES string of the molecule is Cc1ccc(S(=O)(=O)N(CC(O)Cn2c3ccccc3c3ccccc32)c2ccc(C(=O)N3CCC(C)CC3)cc2)cc1. The van der Waals surface area contributed by atoms with Gasteiger partial charge in [-0.1, -0.05) is 61.0 Å². The molecule has 0 bridgehead atoms. The number of carbonyl (C=O) groups is 1. The number of hydrogen-bond acceptors (Lipinski definition) is 4. The summed E-state index contributed by atoms with van der Waals surface area (Å²) in [5.74, 6) is 0.568. The highest BCUT2D eigenvalue weighted by atomic mass is 32.2. The fourth-order valence-electron chi connectivity index (χ4n) is 6.00. The summed E-state index contributed by atoms with van der Waals surface area (Å²) in [6.45, 7) is 5.61. The third kappa shape index (κ3) is 5.77. The number of benzene rings is 4. The van der Waals surface area contributed by atoms with Gasteiger partial charge in [-0.15, -0.1) is 0 Å². The van der Waals surface area contributed by atoms with Crippen LogP contribution in [-0.4, -0.2) is 54.6 Å². The summed E-state index contributed by atoms with van der Waals surface area (Å²) in [4.78, 5) is 15.2. The highest BCUT2D eigenvalue weighted by Crippen LogP contribution is 2.30. The maximum atomic E-state index is 14.0. The monoisotopic (exact) mass is 595 g/mol. The number of para-hydroxylation sites is 2. The number of nitrogens with zero attached hydrogens (tertiary/aromatic N) is 3. The minimum atomic E-state index is -4.02. The van der Waals surface area contributed by atoms with Crippen LogP contribution in [0.4, 0.5) is 5.69 Å². The molecule has 1 aliphatic rings. The number of aromatic nitrogens is 1. The number of fused-ring (bicyclic) bond motifs is 3. The Morgan fingerprint density at radius 2 is 1.42 bits per heavy atom. The van der Waals surface area contributed by atoms with Gasteiger partial charge in [0.2, 0.25) is 0 Å². The van der Waals surface area contributed by atoms with Gasteiger partial charge in [0.15, 0.2) is 0 Å². The van der Waals surface area contributed by atoms with Gasteiger partial charge in [-0.2, -0.15) is 0 Å². The van der Waals surface area contributed by atoms with Crippen molar-refractivity contribution in [1.82, 2.24) is 9.47 Å². The third-order valence-electron chi connectivity index (χ3n) is 8.53. The molecule has 8 heteroatoms. The number of sulfonamides is 1. The second-order valence-corrected chi connectivity index (χ2v) is 13.5. The van der Waals surface area contributed by atoms with Crippen LogP contribution in [0.5, 0.6) is 0 Å². The number of amides is 1. The quantitative estimate of drug-likeness (QED) is 0.231. The molecule has 1 fully saturated rings. The molecular weight excluding hydrogens is 558 g/mol. The van der Waals surface area contributed by atoms with E-state index in [0.29, 0.717) is 17.2 Å². The molecule has 6 rings (SSSR count). The first kappa shape index (κ1) is 29.0. The van der Waals surface area contributed by atoms with Crippen LogP contribution < -0.4 is 4.31 Å². The predicted molar refractivity (Wildman–Crippen MR) is 172 cm³/mol. The van der Waals surface area contributed by atoms with Gasteiger partial charge >= 0.3 is 0 Å². The molecule has 1 N–H and O–H groups in total. The Balaban J connectivity index is 1.32. The lowest BCUT2D eigenvalue weighted by Gasteiger charge is -2.30. The van der Waals surface area contributed by atoms with Crippen molar-refractivity contribution >= 4 is 43.4 Å².